The van der Waals surface area contributed by atoms with Gasteiger partial charge in [-0.15, -0.1) is 0 Å². The van der Waals surface area contributed by atoms with Crippen LogP contribution in [0.3, 0.4) is 0 Å². The summed E-state index contributed by atoms with van der Waals surface area (Å²) in [6.45, 7) is 0.728. The molecule has 4 nitrogen and oxygen atoms in total. The van der Waals surface area contributed by atoms with Crippen molar-refractivity contribution >= 4 is 22.0 Å². The molecule has 0 radical (unpaired) electrons. The van der Waals surface area contributed by atoms with Crippen molar-refractivity contribution < 1.29 is 14.3 Å². The summed E-state index contributed by atoms with van der Waals surface area (Å²) in [4.78, 5) is 14.8. The van der Waals surface area contributed by atoms with E-state index in [9.17, 15) is 4.79 Å². The molecule has 2 aliphatic rings. The highest BCUT2D eigenvalue weighted by atomic mass is 79.9. The lowest BCUT2D eigenvalue weighted by Crippen LogP contribution is -2.31. The first-order valence-electron chi connectivity index (χ1n) is 7.28. The van der Waals surface area contributed by atoms with Crippen LogP contribution in [0.1, 0.15) is 37.7 Å². The number of nitrogens with zero attached hydrogens (tertiary/aromatic N) is 1. The first-order valence-corrected chi connectivity index (χ1v) is 8.08. The van der Waals surface area contributed by atoms with Gasteiger partial charge in [-0.05, 0) is 71.6 Å². The molecule has 5 heteroatoms. The largest absolute Gasteiger partial charge is 0.493 e. The Morgan fingerprint density at radius 2 is 2.19 bits per heavy atom. The maximum absolute atomic E-state index is 10.7. The predicted octanol–water partition coefficient (Wildman–Crippen LogP) is 3.96. The Hall–Kier alpha value is -1.32. The highest BCUT2D eigenvalue weighted by molar-refractivity contribution is 9.10. The summed E-state index contributed by atoms with van der Waals surface area (Å²) in [5.74, 6) is 2.10. The zero-order valence-corrected chi connectivity index (χ0v) is 13.6. The molecule has 1 aromatic rings. The van der Waals surface area contributed by atoms with Crippen molar-refractivity contribution in [1.29, 1.82) is 0 Å². The van der Waals surface area contributed by atoms with Crippen molar-refractivity contribution in [3.63, 3.8) is 0 Å². The molecule has 2 saturated carbocycles. The summed E-state index contributed by atoms with van der Waals surface area (Å²) in [5.41, 5.74) is 0.562. The third-order valence-electron chi connectivity index (χ3n) is 4.37. The molecule has 0 bridgehead atoms. The van der Waals surface area contributed by atoms with E-state index in [0.717, 1.165) is 41.7 Å². The topological polar surface area (TPSA) is 47.9 Å². The predicted molar refractivity (Wildman–Crippen MR) is 82.6 cm³/mol. The quantitative estimate of drug-likeness (QED) is 0.575. The Morgan fingerprint density at radius 1 is 1.43 bits per heavy atom. The van der Waals surface area contributed by atoms with E-state index in [1.54, 1.807) is 13.2 Å². The summed E-state index contributed by atoms with van der Waals surface area (Å²) >= 11 is 3.56. The second-order valence-corrected chi connectivity index (χ2v) is 6.69. The van der Waals surface area contributed by atoms with Gasteiger partial charge in [0.1, 0.15) is 0 Å². The molecule has 0 spiro atoms. The molecule has 0 heterocycles. The average molecular weight is 352 g/mol. The van der Waals surface area contributed by atoms with Crippen LogP contribution in [-0.2, 0) is 10.3 Å². The van der Waals surface area contributed by atoms with Gasteiger partial charge in [0.15, 0.2) is 11.5 Å². The van der Waals surface area contributed by atoms with Gasteiger partial charge in [-0.25, -0.2) is 4.79 Å². The summed E-state index contributed by atoms with van der Waals surface area (Å²) < 4.78 is 12.2. The summed E-state index contributed by atoms with van der Waals surface area (Å²) in [7, 11) is 1.63. The maximum atomic E-state index is 10.7. The van der Waals surface area contributed by atoms with Crippen molar-refractivity contribution in [3.05, 3.63) is 22.2 Å². The number of hydrogen-bond acceptors (Lipinski definition) is 4. The molecule has 0 amide bonds. The monoisotopic (exact) mass is 351 g/mol. The Balaban J connectivity index is 1.92. The van der Waals surface area contributed by atoms with Crippen molar-refractivity contribution in [1.82, 2.24) is 0 Å². The fraction of sp³-hybridized carbons (Fsp3) is 0.562. The Labute approximate surface area is 132 Å². The average Bonchev–Trinajstić information content (AvgIpc) is 3.24. The molecule has 0 aliphatic heterocycles. The van der Waals surface area contributed by atoms with E-state index < -0.39 is 5.54 Å². The van der Waals surface area contributed by atoms with Gasteiger partial charge in [0.25, 0.3) is 0 Å². The van der Waals surface area contributed by atoms with E-state index in [1.165, 1.54) is 12.8 Å². The molecule has 2 fully saturated rings. The SMILES string of the molecule is COc1cc(C2(N=C=O)CCC2)cc(Br)c1OCC1CC1. The minimum Gasteiger partial charge on any atom is -0.493 e. The molecule has 112 valence electrons. The van der Waals surface area contributed by atoms with Gasteiger partial charge in [-0.1, -0.05) is 0 Å². The Kier molecular flexibility index (Phi) is 4.05. The van der Waals surface area contributed by atoms with Crippen molar-refractivity contribution in [2.75, 3.05) is 13.7 Å². The smallest absolute Gasteiger partial charge is 0.235 e. The van der Waals surface area contributed by atoms with Crippen LogP contribution >= 0.6 is 15.9 Å². The first kappa shape index (κ1) is 14.6. The number of methoxy groups -OCH3 is 1. The molecule has 0 unspecified atom stereocenters. The van der Waals surface area contributed by atoms with Crippen LogP contribution in [0.5, 0.6) is 11.5 Å². The lowest BCUT2D eigenvalue weighted by Gasteiger charge is -2.37. The van der Waals surface area contributed by atoms with Crippen molar-refractivity contribution in [2.45, 2.75) is 37.6 Å². The molecular weight excluding hydrogens is 334 g/mol. The van der Waals surface area contributed by atoms with Gasteiger partial charge in [-0.3, -0.25) is 0 Å². The van der Waals surface area contributed by atoms with Crippen LogP contribution < -0.4 is 9.47 Å². The van der Waals surface area contributed by atoms with Crippen LogP contribution in [0.25, 0.3) is 0 Å². The normalized spacial score (nSPS) is 19.3. The number of hydrogen-bond donors (Lipinski definition) is 0. The second kappa shape index (κ2) is 5.82. The maximum Gasteiger partial charge on any atom is 0.235 e. The zero-order chi connectivity index (χ0) is 14.9. The highest BCUT2D eigenvalue weighted by Crippen LogP contribution is 2.49. The number of ether oxygens (including phenoxy) is 2. The third-order valence-corrected chi connectivity index (χ3v) is 4.96. The Bertz CT molecular complexity index is 587. The third kappa shape index (κ3) is 2.85. The summed E-state index contributed by atoms with van der Waals surface area (Å²) in [6, 6.07) is 3.93. The van der Waals surface area contributed by atoms with Gasteiger partial charge in [0, 0.05) is 0 Å². The summed E-state index contributed by atoms with van der Waals surface area (Å²) in [6.07, 6.45) is 7.03. The van der Waals surface area contributed by atoms with E-state index >= 15 is 0 Å². The van der Waals surface area contributed by atoms with E-state index in [2.05, 4.69) is 20.9 Å². The molecule has 0 N–H and O–H groups in total. The molecule has 2 aliphatic carbocycles. The fourth-order valence-corrected chi connectivity index (χ4v) is 3.23. The minimum absolute atomic E-state index is 0.424. The molecule has 0 saturated heterocycles. The molecule has 21 heavy (non-hydrogen) atoms. The van der Waals surface area contributed by atoms with Gasteiger partial charge >= 0.3 is 0 Å². The number of isocyanates is 1. The van der Waals surface area contributed by atoms with E-state index in [1.807, 2.05) is 12.1 Å². The summed E-state index contributed by atoms with van der Waals surface area (Å²) in [5, 5.41) is 0. The van der Waals surface area contributed by atoms with Crippen LogP contribution in [0.15, 0.2) is 21.6 Å². The standard InChI is InChI=1S/C16H18BrNO3/c1-20-14-8-12(16(18-10-19)5-2-6-16)7-13(17)15(14)21-9-11-3-4-11/h7-8,11H,2-6,9H2,1H3. The highest BCUT2D eigenvalue weighted by Gasteiger charge is 2.40. The molecule has 3 rings (SSSR count). The van der Waals surface area contributed by atoms with Crippen LogP contribution in [0, 0.1) is 5.92 Å². The van der Waals surface area contributed by atoms with E-state index in [4.69, 9.17) is 9.47 Å². The zero-order valence-electron chi connectivity index (χ0n) is 12.0. The van der Waals surface area contributed by atoms with Crippen molar-refractivity contribution in [3.8, 4) is 11.5 Å². The van der Waals surface area contributed by atoms with Crippen LogP contribution in [0.2, 0.25) is 0 Å². The molecule has 0 aromatic heterocycles. The van der Waals surface area contributed by atoms with Crippen LogP contribution in [-0.4, -0.2) is 19.8 Å². The molecular formula is C16H18BrNO3. The van der Waals surface area contributed by atoms with E-state index in [-0.39, 0.29) is 0 Å². The first-order chi connectivity index (χ1) is 10.2. The second-order valence-electron chi connectivity index (χ2n) is 5.83. The van der Waals surface area contributed by atoms with Gasteiger partial charge in [0.05, 0.1) is 23.7 Å². The Morgan fingerprint density at radius 3 is 2.71 bits per heavy atom. The molecule has 0 atom stereocenters. The fourth-order valence-electron chi connectivity index (χ4n) is 2.68. The number of rotatable bonds is 6. The number of carbonyl (C=O) groups excluding carboxylic acids is 1. The van der Waals surface area contributed by atoms with Gasteiger partial charge in [0.2, 0.25) is 6.08 Å². The van der Waals surface area contributed by atoms with Gasteiger partial charge < -0.3 is 9.47 Å². The van der Waals surface area contributed by atoms with E-state index in [0.29, 0.717) is 11.7 Å². The lowest BCUT2D eigenvalue weighted by molar-refractivity contribution is 0.251. The molecule has 1 aromatic carbocycles. The van der Waals surface area contributed by atoms with Crippen LogP contribution in [0.4, 0.5) is 0 Å². The minimum atomic E-state index is -0.424. The lowest BCUT2D eigenvalue weighted by atomic mass is 9.72. The number of benzene rings is 1. The van der Waals surface area contributed by atoms with Gasteiger partial charge in [-0.2, -0.15) is 4.99 Å². The van der Waals surface area contributed by atoms with Crippen molar-refractivity contribution in [2.24, 2.45) is 10.9 Å². The number of halogens is 1. The number of aliphatic imine (C=N–C) groups is 1.